The third kappa shape index (κ3) is 8.87. The van der Waals surface area contributed by atoms with Gasteiger partial charge >= 0.3 is 11.9 Å². The minimum absolute atomic E-state index is 0.00210. The number of esters is 2. The largest absolute Gasteiger partial charge is 0.468 e. The van der Waals surface area contributed by atoms with E-state index in [9.17, 15) is 24.0 Å². The Morgan fingerprint density at radius 2 is 1.56 bits per heavy atom. The molecule has 0 heterocycles. The highest BCUT2D eigenvalue weighted by molar-refractivity contribution is 5.95. The molecule has 0 fully saturated rings. The van der Waals surface area contributed by atoms with Gasteiger partial charge in [-0.05, 0) is 30.7 Å². The molecule has 2 atom stereocenters. The Balaban J connectivity index is 2.64. The molecule has 0 radical (unpaired) electrons. The number of nitrogens with one attached hydrogen (secondary N) is 2. The van der Waals surface area contributed by atoms with Crippen LogP contribution in [0.2, 0.25) is 0 Å². The van der Waals surface area contributed by atoms with Crippen molar-refractivity contribution in [3.05, 3.63) is 35.9 Å². The van der Waals surface area contributed by atoms with E-state index in [-0.39, 0.29) is 25.2 Å². The first-order chi connectivity index (χ1) is 15.2. The number of carbonyl (C=O) groups excluding carboxylic acids is 5. The molecule has 1 aromatic carbocycles. The smallest absolute Gasteiger partial charge is 0.320 e. The van der Waals surface area contributed by atoms with E-state index in [2.05, 4.69) is 20.1 Å². The Bertz CT molecular complexity index is 764. The first-order valence-electron chi connectivity index (χ1n) is 10.5. The molecule has 1 unspecified atom stereocenters. The maximum atomic E-state index is 12.7. The highest BCUT2D eigenvalue weighted by Crippen LogP contribution is 2.13. The number of benzene rings is 1. The molecule has 9 nitrogen and oxygen atoms in total. The molecule has 9 heteroatoms. The molecular weight excluding hydrogens is 416 g/mol. The maximum Gasteiger partial charge on any atom is 0.320 e. The summed E-state index contributed by atoms with van der Waals surface area (Å²) in [4.78, 5) is 59.9. The molecule has 0 aromatic heterocycles. The fourth-order valence-electron chi connectivity index (χ4n) is 3.14. The first-order valence-corrected chi connectivity index (χ1v) is 10.5. The van der Waals surface area contributed by atoms with E-state index in [1.807, 2.05) is 30.3 Å². The van der Waals surface area contributed by atoms with Crippen molar-refractivity contribution >= 4 is 30.0 Å². The molecule has 0 spiro atoms. The summed E-state index contributed by atoms with van der Waals surface area (Å²) < 4.78 is 9.18. The molecule has 1 aromatic rings. The van der Waals surface area contributed by atoms with Crippen molar-refractivity contribution in [2.24, 2.45) is 11.8 Å². The molecule has 2 N–H and O–H groups in total. The van der Waals surface area contributed by atoms with Crippen molar-refractivity contribution in [1.29, 1.82) is 0 Å². The van der Waals surface area contributed by atoms with Crippen LogP contribution in [-0.2, 0) is 39.9 Å². The number of rotatable bonds is 13. The summed E-state index contributed by atoms with van der Waals surface area (Å²) in [7, 11) is 2.34. The molecule has 0 bridgehead atoms. The lowest BCUT2D eigenvalue weighted by molar-refractivity contribution is -0.159. The summed E-state index contributed by atoms with van der Waals surface area (Å²) in [6.45, 7) is 3.56. The van der Waals surface area contributed by atoms with Crippen LogP contribution in [0.5, 0.6) is 0 Å². The Morgan fingerprint density at radius 1 is 0.969 bits per heavy atom. The van der Waals surface area contributed by atoms with Crippen LogP contribution in [0.1, 0.15) is 38.7 Å². The Kier molecular flexibility index (Phi) is 11.7. The number of hydrogen-bond donors (Lipinski definition) is 2. The normalized spacial score (nSPS) is 12.6. The van der Waals surface area contributed by atoms with Gasteiger partial charge in [0.05, 0.1) is 20.3 Å². The van der Waals surface area contributed by atoms with Crippen LogP contribution in [0, 0.1) is 11.8 Å². The Hall–Kier alpha value is -3.23. The van der Waals surface area contributed by atoms with Gasteiger partial charge in [-0.1, -0.05) is 44.2 Å². The van der Waals surface area contributed by atoms with Crippen LogP contribution in [0.15, 0.2) is 30.3 Å². The summed E-state index contributed by atoms with van der Waals surface area (Å²) in [5.41, 5.74) is 0.904. The van der Waals surface area contributed by atoms with Crippen LogP contribution < -0.4 is 10.6 Å². The van der Waals surface area contributed by atoms with Gasteiger partial charge in [0, 0.05) is 6.42 Å². The maximum absolute atomic E-state index is 12.7. The molecule has 0 saturated heterocycles. The zero-order valence-corrected chi connectivity index (χ0v) is 19.0. The number of ether oxygens (including phenoxy) is 2. The summed E-state index contributed by atoms with van der Waals surface area (Å²) in [6, 6.07) is 7.73. The monoisotopic (exact) mass is 448 g/mol. The van der Waals surface area contributed by atoms with Crippen LogP contribution >= 0.6 is 0 Å². The topological polar surface area (TPSA) is 128 Å². The second kappa shape index (κ2) is 14.0. The van der Waals surface area contributed by atoms with Gasteiger partial charge in [-0.25, -0.2) is 0 Å². The lowest BCUT2D eigenvalue weighted by Gasteiger charge is -2.24. The first kappa shape index (κ1) is 26.8. The van der Waals surface area contributed by atoms with E-state index in [1.165, 1.54) is 14.2 Å². The predicted octanol–water partition coefficient (Wildman–Crippen LogP) is 1.19. The van der Waals surface area contributed by atoms with Crippen LogP contribution in [0.4, 0.5) is 0 Å². The van der Waals surface area contributed by atoms with E-state index < -0.39 is 41.8 Å². The van der Waals surface area contributed by atoms with Gasteiger partial charge in [-0.15, -0.1) is 0 Å². The van der Waals surface area contributed by atoms with E-state index >= 15 is 0 Å². The fourth-order valence-corrected chi connectivity index (χ4v) is 3.14. The summed E-state index contributed by atoms with van der Waals surface area (Å²) in [6.07, 6.45) is 1.32. The number of amides is 2. The van der Waals surface area contributed by atoms with Gasteiger partial charge in [0.25, 0.3) is 0 Å². The average Bonchev–Trinajstić information content (AvgIpc) is 2.79. The van der Waals surface area contributed by atoms with Crippen molar-refractivity contribution in [3.63, 3.8) is 0 Å². The molecule has 32 heavy (non-hydrogen) atoms. The van der Waals surface area contributed by atoms with Gasteiger partial charge in [0.15, 0.2) is 5.92 Å². The number of methoxy groups -OCH3 is 2. The second-order valence-corrected chi connectivity index (χ2v) is 7.72. The molecule has 176 valence electrons. The summed E-state index contributed by atoms with van der Waals surface area (Å²) in [5.74, 6) is -3.64. The average molecular weight is 449 g/mol. The van der Waals surface area contributed by atoms with Crippen molar-refractivity contribution in [2.45, 2.75) is 51.6 Å². The molecule has 0 aliphatic carbocycles. The van der Waals surface area contributed by atoms with Crippen molar-refractivity contribution in [1.82, 2.24) is 10.6 Å². The second-order valence-electron chi connectivity index (χ2n) is 7.72. The van der Waals surface area contributed by atoms with Gasteiger partial charge in [0.1, 0.15) is 12.3 Å². The van der Waals surface area contributed by atoms with E-state index in [0.29, 0.717) is 12.7 Å². The van der Waals surface area contributed by atoms with Crippen molar-refractivity contribution in [2.75, 3.05) is 14.2 Å². The lowest BCUT2D eigenvalue weighted by Crippen LogP contribution is -2.52. The molecule has 1 rings (SSSR count). The van der Waals surface area contributed by atoms with Gasteiger partial charge in [-0.2, -0.15) is 0 Å². The highest BCUT2D eigenvalue weighted by atomic mass is 16.5. The predicted molar refractivity (Wildman–Crippen MR) is 116 cm³/mol. The number of hydrogen-bond acceptors (Lipinski definition) is 7. The van der Waals surface area contributed by atoms with E-state index in [0.717, 1.165) is 5.56 Å². The lowest BCUT2D eigenvalue weighted by atomic mass is 10.00. The van der Waals surface area contributed by atoms with Crippen LogP contribution in [0.25, 0.3) is 0 Å². The quantitative estimate of drug-likeness (QED) is 0.263. The van der Waals surface area contributed by atoms with Crippen molar-refractivity contribution < 1.29 is 33.4 Å². The van der Waals surface area contributed by atoms with Crippen LogP contribution in [0.3, 0.4) is 0 Å². The molecule has 0 saturated carbocycles. The standard InChI is InChI=1S/C23H32N2O7/c1-15(2)20(21(28)24-17(14-26)13-16-9-6-5-7-10-16)25-19(27)12-8-11-18(22(29)31-3)23(30)32-4/h5-7,9-10,14-15,17-18,20H,8,11-13H2,1-4H3,(H,24,28)(H,25,27)/t17?,20-/m0/s1. The molecule has 0 aliphatic heterocycles. The third-order valence-corrected chi connectivity index (χ3v) is 4.92. The van der Waals surface area contributed by atoms with E-state index in [4.69, 9.17) is 0 Å². The van der Waals surface area contributed by atoms with Crippen LogP contribution in [-0.4, -0.2) is 56.3 Å². The molecular formula is C23H32N2O7. The minimum atomic E-state index is -1.10. The number of carbonyl (C=O) groups is 5. The zero-order valence-electron chi connectivity index (χ0n) is 19.0. The molecule has 2 amide bonds. The Morgan fingerprint density at radius 3 is 2.06 bits per heavy atom. The van der Waals surface area contributed by atoms with Gasteiger partial charge in [-0.3, -0.25) is 19.2 Å². The van der Waals surface area contributed by atoms with Gasteiger partial charge in [0.2, 0.25) is 11.8 Å². The van der Waals surface area contributed by atoms with E-state index in [1.54, 1.807) is 13.8 Å². The number of aldehydes is 1. The third-order valence-electron chi connectivity index (χ3n) is 4.92. The van der Waals surface area contributed by atoms with Crippen molar-refractivity contribution in [3.8, 4) is 0 Å². The summed E-state index contributed by atoms with van der Waals surface area (Å²) >= 11 is 0. The van der Waals surface area contributed by atoms with Gasteiger partial charge < -0.3 is 24.9 Å². The summed E-state index contributed by atoms with van der Waals surface area (Å²) in [5, 5.41) is 5.35. The zero-order chi connectivity index (χ0) is 24.1. The SMILES string of the molecule is COC(=O)C(CCCC(=O)N[C@H](C(=O)NC(C=O)Cc1ccccc1)C(C)C)C(=O)OC. The molecule has 0 aliphatic rings. The Labute approximate surface area is 188 Å². The fraction of sp³-hybridized carbons (Fsp3) is 0.522. The minimum Gasteiger partial charge on any atom is -0.468 e. The highest BCUT2D eigenvalue weighted by Gasteiger charge is 2.29.